The van der Waals surface area contributed by atoms with Gasteiger partial charge in [-0.05, 0) is 30.4 Å². The van der Waals surface area contributed by atoms with E-state index in [2.05, 4.69) is 0 Å². The van der Waals surface area contributed by atoms with Crippen LogP contribution < -0.4 is 5.73 Å². The predicted octanol–water partition coefficient (Wildman–Crippen LogP) is 2.25. The lowest BCUT2D eigenvalue weighted by atomic mass is 10.1. The zero-order chi connectivity index (χ0) is 10.7. The Bertz CT molecular complexity index is 360. The highest BCUT2D eigenvalue weighted by atomic mass is 32.1. The van der Waals surface area contributed by atoms with E-state index >= 15 is 0 Å². The van der Waals surface area contributed by atoms with Gasteiger partial charge < -0.3 is 10.5 Å². The van der Waals surface area contributed by atoms with Gasteiger partial charge in [0.15, 0.2) is 0 Å². The third kappa shape index (κ3) is 3.29. The quantitative estimate of drug-likeness (QED) is 0.775. The SMILES string of the molecule is NC(=S)c1cccc(COCC2CC2)c1. The minimum atomic E-state index is 0.444. The van der Waals surface area contributed by atoms with E-state index in [9.17, 15) is 0 Å². The summed E-state index contributed by atoms with van der Waals surface area (Å²) in [4.78, 5) is 0.444. The van der Waals surface area contributed by atoms with Gasteiger partial charge in [-0.15, -0.1) is 0 Å². The molecule has 1 aromatic carbocycles. The second kappa shape index (κ2) is 4.73. The second-order valence-corrected chi connectivity index (χ2v) is 4.46. The van der Waals surface area contributed by atoms with E-state index in [1.807, 2.05) is 24.3 Å². The number of thiocarbonyl (C=S) groups is 1. The number of ether oxygens (including phenoxy) is 1. The maximum Gasteiger partial charge on any atom is 0.103 e. The van der Waals surface area contributed by atoms with Gasteiger partial charge in [0, 0.05) is 12.2 Å². The first kappa shape index (κ1) is 10.6. The van der Waals surface area contributed by atoms with Crippen molar-refractivity contribution in [2.75, 3.05) is 6.61 Å². The monoisotopic (exact) mass is 221 g/mol. The molecule has 0 aromatic heterocycles. The molecule has 0 radical (unpaired) electrons. The van der Waals surface area contributed by atoms with Crippen molar-refractivity contribution in [2.24, 2.45) is 11.7 Å². The Balaban J connectivity index is 1.88. The molecule has 0 amide bonds. The summed E-state index contributed by atoms with van der Waals surface area (Å²) in [5.74, 6) is 0.809. The molecule has 3 heteroatoms. The van der Waals surface area contributed by atoms with Crippen molar-refractivity contribution < 1.29 is 4.74 Å². The van der Waals surface area contributed by atoms with E-state index < -0.39 is 0 Å². The summed E-state index contributed by atoms with van der Waals surface area (Å²) < 4.78 is 5.59. The largest absolute Gasteiger partial charge is 0.389 e. The first-order chi connectivity index (χ1) is 7.25. The summed E-state index contributed by atoms with van der Waals surface area (Å²) in [6.45, 7) is 1.55. The Kier molecular flexibility index (Phi) is 3.34. The number of benzene rings is 1. The van der Waals surface area contributed by atoms with Crippen molar-refractivity contribution in [3.63, 3.8) is 0 Å². The molecule has 0 unspecified atom stereocenters. The van der Waals surface area contributed by atoms with Crippen molar-refractivity contribution >= 4 is 17.2 Å². The van der Waals surface area contributed by atoms with Crippen LogP contribution >= 0.6 is 12.2 Å². The van der Waals surface area contributed by atoms with Crippen LogP contribution in [-0.4, -0.2) is 11.6 Å². The first-order valence-electron chi connectivity index (χ1n) is 5.22. The van der Waals surface area contributed by atoms with E-state index in [1.165, 1.54) is 12.8 Å². The van der Waals surface area contributed by atoms with E-state index in [1.54, 1.807) is 0 Å². The van der Waals surface area contributed by atoms with Crippen molar-refractivity contribution in [1.29, 1.82) is 0 Å². The van der Waals surface area contributed by atoms with Crippen LogP contribution in [-0.2, 0) is 11.3 Å². The van der Waals surface area contributed by atoms with Gasteiger partial charge in [0.25, 0.3) is 0 Å². The number of hydrogen-bond acceptors (Lipinski definition) is 2. The molecule has 0 aliphatic heterocycles. The first-order valence-corrected chi connectivity index (χ1v) is 5.63. The molecule has 1 aliphatic rings. The molecule has 1 saturated carbocycles. The Morgan fingerprint density at radius 1 is 1.47 bits per heavy atom. The molecule has 0 spiro atoms. The van der Waals surface area contributed by atoms with Crippen LogP contribution in [0.25, 0.3) is 0 Å². The molecular weight excluding hydrogens is 206 g/mol. The van der Waals surface area contributed by atoms with Gasteiger partial charge in [-0.2, -0.15) is 0 Å². The van der Waals surface area contributed by atoms with Crippen molar-refractivity contribution in [1.82, 2.24) is 0 Å². The molecular formula is C12H15NOS. The molecule has 0 atom stereocenters. The third-order valence-corrected chi connectivity index (χ3v) is 2.77. The molecule has 15 heavy (non-hydrogen) atoms. The summed E-state index contributed by atoms with van der Waals surface area (Å²) >= 11 is 4.92. The van der Waals surface area contributed by atoms with E-state index in [0.29, 0.717) is 11.6 Å². The second-order valence-electron chi connectivity index (χ2n) is 4.02. The van der Waals surface area contributed by atoms with Crippen LogP contribution in [0.3, 0.4) is 0 Å². The van der Waals surface area contributed by atoms with E-state index in [-0.39, 0.29) is 0 Å². The van der Waals surface area contributed by atoms with Crippen LogP contribution in [0.1, 0.15) is 24.0 Å². The summed E-state index contributed by atoms with van der Waals surface area (Å²) in [5.41, 5.74) is 7.61. The highest BCUT2D eigenvalue weighted by Gasteiger charge is 2.20. The normalized spacial score (nSPS) is 15.2. The summed E-state index contributed by atoms with van der Waals surface area (Å²) in [7, 11) is 0. The van der Waals surface area contributed by atoms with Crippen LogP contribution in [0.5, 0.6) is 0 Å². The molecule has 0 heterocycles. The molecule has 80 valence electrons. The summed E-state index contributed by atoms with van der Waals surface area (Å²) in [6, 6.07) is 7.92. The number of rotatable bonds is 5. The Morgan fingerprint density at radius 3 is 2.93 bits per heavy atom. The maximum absolute atomic E-state index is 5.59. The van der Waals surface area contributed by atoms with Gasteiger partial charge in [0.2, 0.25) is 0 Å². The molecule has 0 saturated heterocycles. The van der Waals surface area contributed by atoms with Gasteiger partial charge in [-0.3, -0.25) is 0 Å². The van der Waals surface area contributed by atoms with E-state index in [0.717, 1.165) is 23.7 Å². The average molecular weight is 221 g/mol. The molecule has 1 aromatic rings. The van der Waals surface area contributed by atoms with Gasteiger partial charge in [-0.25, -0.2) is 0 Å². The minimum Gasteiger partial charge on any atom is -0.389 e. The lowest BCUT2D eigenvalue weighted by Crippen LogP contribution is -2.09. The van der Waals surface area contributed by atoms with E-state index in [4.69, 9.17) is 22.7 Å². The molecule has 1 aliphatic carbocycles. The van der Waals surface area contributed by atoms with Crippen LogP contribution in [0.4, 0.5) is 0 Å². The van der Waals surface area contributed by atoms with Crippen LogP contribution in [0.2, 0.25) is 0 Å². The maximum atomic E-state index is 5.59. The molecule has 2 N–H and O–H groups in total. The van der Waals surface area contributed by atoms with Crippen molar-refractivity contribution in [3.05, 3.63) is 35.4 Å². The molecule has 0 bridgehead atoms. The van der Waals surface area contributed by atoms with Gasteiger partial charge in [0.05, 0.1) is 6.61 Å². The van der Waals surface area contributed by atoms with Gasteiger partial charge >= 0.3 is 0 Å². The molecule has 2 rings (SSSR count). The Labute approximate surface area is 95.4 Å². The number of nitrogens with two attached hydrogens (primary N) is 1. The lowest BCUT2D eigenvalue weighted by molar-refractivity contribution is 0.111. The number of hydrogen-bond donors (Lipinski definition) is 1. The van der Waals surface area contributed by atoms with Crippen LogP contribution in [0, 0.1) is 5.92 Å². The average Bonchev–Trinajstić information content (AvgIpc) is 3.02. The highest BCUT2D eigenvalue weighted by Crippen LogP contribution is 2.29. The summed E-state index contributed by atoms with van der Waals surface area (Å²) in [5, 5.41) is 0. The fourth-order valence-corrected chi connectivity index (χ4v) is 1.57. The summed E-state index contributed by atoms with van der Waals surface area (Å²) in [6.07, 6.45) is 2.65. The van der Waals surface area contributed by atoms with Crippen molar-refractivity contribution in [3.8, 4) is 0 Å². The zero-order valence-corrected chi connectivity index (χ0v) is 9.43. The fourth-order valence-electron chi connectivity index (χ4n) is 1.44. The van der Waals surface area contributed by atoms with Gasteiger partial charge in [0.1, 0.15) is 4.99 Å². The zero-order valence-electron chi connectivity index (χ0n) is 8.61. The Hall–Kier alpha value is -0.930. The minimum absolute atomic E-state index is 0.444. The van der Waals surface area contributed by atoms with Crippen molar-refractivity contribution in [2.45, 2.75) is 19.4 Å². The van der Waals surface area contributed by atoms with Gasteiger partial charge in [-0.1, -0.05) is 30.4 Å². The standard InChI is InChI=1S/C12H15NOS/c13-12(15)11-3-1-2-10(6-11)8-14-7-9-4-5-9/h1-3,6,9H,4-5,7-8H2,(H2,13,15). The Morgan fingerprint density at radius 2 is 2.27 bits per heavy atom. The molecule has 1 fully saturated rings. The smallest absolute Gasteiger partial charge is 0.103 e. The van der Waals surface area contributed by atoms with Crippen LogP contribution in [0.15, 0.2) is 24.3 Å². The fraction of sp³-hybridized carbons (Fsp3) is 0.417. The highest BCUT2D eigenvalue weighted by molar-refractivity contribution is 7.80. The lowest BCUT2D eigenvalue weighted by Gasteiger charge is -2.05. The molecule has 2 nitrogen and oxygen atoms in total. The predicted molar refractivity (Wildman–Crippen MR) is 64.7 cm³/mol. The topological polar surface area (TPSA) is 35.2 Å². The third-order valence-electron chi connectivity index (χ3n) is 2.53.